The Morgan fingerprint density at radius 2 is 2.00 bits per heavy atom. The van der Waals surface area contributed by atoms with Crippen LogP contribution in [-0.2, 0) is 19.6 Å². The van der Waals surface area contributed by atoms with Gasteiger partial charge in [-0.1, -0.05) is 25.1 Å². The second kappa shape index (κ2) is 7.76. The van der Waals surface area contributed by atoms with E-state index in [2.05, 4.69) is 5.32 Å². The lowest BCUT2D eigenvalue weighted by Gasteiger charge is -2.31. The van der Waals surface area contributed by atoms with Crippen molar-refractivity contribution in [1.29, 1.82) is 0 Å². The summed E-state index contributed by atoms with van der Waals surface area (Å²) in [6.45, 7) is 2.04. The van der Waals surface area contributed by atoms with Gasteiger partial charge in [-0.25, -0.2) is 8.42 Å². The number of amides is 1. The normalized spacial score (nSPS) is 20.3. The minimum atomic E-state index is -3.61. The predicted molar refractivity (Wildman–Crippen MR) is 87.7 cm³/mol. The van der Waals surface area contributed by atoms with E-state index in [-0.39, 0.29) is 23.9 Å². The van der Waals surface area contributed by atoms with E-state index in [1.165, 1.54) is 23.4 Å². The first-order valence-electron chi connectivity index (χ1n) is 7.88. The monoisotopic (exact) mass is 354 g/mol. The van der Waals surface area contributed by atoms with Crippen molar-refractivity contribution in [3.8, 4) is 0 Å². The summed E-state index contributed by atoms with van der Waals surface area (Å²) in [6, 6.07) is 8.14. The fraction of sp³-hybridized carbons (Fsp3) is 0.500. The maximum Gasteiger partial charge on any atom is 0.308 e. The van der Waals surface area contributed by atoms with Crippen LogP contribution in [0.5, 0.6) is 0 Å². The van der Waals surface area contributed by atoms with Gasteiger partial charge in [0.15, 0.2) is 0 Å². The van der Waals surface area contributed by atoms with E-state index in [0.29, 0.717) is 19.4 Å². The van der Waals surface area contributed by atoms with Crippen LogP contribution in [0.1, 0.15) is 19.8 Å². The fourth-order valence-electron chi connectivity index (χ4n) is 2.60. The molecule has 1 saturated heterocycles. The van der Waals surface area contributed by atoms with Crippen LogP contribution in [0.4, 0.5) is 0 Å². The molecule has 7 nitrogen and oxygen atoms in total. The third kappa shape index (κ3) is 4.33. The summed E-state index contributed by atoms with van der Waals surface area (Å²) >= 11 is 0. The summed E-state index contributed by atoms with van der Waals surface area (Å²) < 4.78 is 26.6. The molecule has 2 atom stereocenters. The van der Waals surface area contributed by atoms with Crippen molar-refractivity contribution in [3.05, 3.63) is 30.3 Å². The molecule has 2 unspecified atom stereocenters. The van der Waals surface area contributed by atoms with Gasteiger partial charge in [0.05, 0.1) is 16.7 Å². The van der Waals surface area contributed by atoms with Crippen molar-refractivity contribution in [2.45, 2.75) is 24.7 Å². The van der Waals surface area contributed by atoms with Crippen molar-refractivity contribution in [1.82, 2.24) is 9.62 Å². The Bertz CT molecular complexity index is 690. The molecule has 1 aromatic rings. The molecule has 0 spiro atoms. The molecule has 24 heavy (non-hydrogen) atoms. The molecule has 0 aliphatic carbocycles. The molecule has 0 radical (unpaired) electrons. The molecule has 1 aromatic carbocycles. The van der Waals surface area contributed by atoms with Crippen LogP contribution < -0.4 is 5.32 Å². The summed E-state index contributed by atoms with van der Waals surface area (Å²) in [6.07, 6.45) is 1.19. The molecule has 8 heteroatoms. The van der Waals surface area contributed by atoms with Gasteiger partial charge in [-0.15, -0.1) is 0 Å². The van der Waals surface area contributed by atoms with Crippen molar-refractivity contribution in [3.63, 3.8) is 0 Å². The Morgan fingerprint density at radius 3 is 2.62 bits per heavy atom. The Kier molecular flexibility index (Phi) is 5.95. The van der Waals surface area contributed by atoms with Gasteiger partial charge in [0.25, 0.3) is 0 Å². The molecule has 0 aromatic heterocycles. The first kappa shape index (κ1) is 18.4. The number of carbonyl (C=O) groups excluding carboxylic acids is 1. The van der Waals surface area contributed by atoms with Crippen LogP contribution in [0.3, 0.4) is 0 Å². The number of carbonyl (C=O) groups is 2. The maximum absolute atomic E-state index is 12.6. The van der Waals surface area contributed by atoms with E-state index in [1.54, 1.807) is 18.2 Å². The van der Waals surface area contributed by atoms with Gasteiger partial charge in [0.1, 0.15) is 0 Å². The Labute approximate surface area is 141 Å². The zero-order valence-electron chi connectivity index (χ0n) is 13.5. The van der Waals surface area contributed by atoms with Crippen molar-refractivity contribution >= 4 is 21.9 Å². The van der Waals surface area contributed by atoms with Gasteiger partial charge in [0, 0.05) is 19.6 Å². The highest BCUT2D eigenvalue weighted by Gasteiger charge is 2.33. The molecule has 1 amide bonds. The standard InChI is InChI=1S/C16H22N2O5S/c1-12(16(20)21)10-17-15(19)13-6-5-9-18(11-13)24(22,23)14-7-3-2-4-8-14/h2-4,7-8,12-13H,5-6,9-11H2,1H3,(H,17,19)(H,20,21). The summed E-state index contributed by atoms with van der Waals surface area (Å²) in [4.78, 5) is 23.2. The second-order valence-corrected chi connectivity index (χ2v) is 7.94. The quantitative estimate of drug-likeness (QED) is 0.791. The average molecular weight is 354 g/mol. The summed E-state index contributed by atoms with van der Waals surface area (Å²) in [5, 5.41) is 11.4. The number of hydrogen-bond acceptors (Lipinski definition) is 4. The smallest absolute Gasteiger partial charge is 0.308 e. The molecule has 0 saturated carbocycles. The molecular formula is C16H22N2O5S. The van der Waals surface area contributed by atoms with Gasteiger partial charge in [-0.3, -0.25) is 9.59 Å². The van der Waals surface area contributed by atoms with Crippen LogP contribution in [0, 0.1) is 11.8 Å². The first-order valence-corrected chi connectivity index (χ1v) is 9.32. The Hall–Kier alpha value is -1.93. The number of carboxylic acids is 1. The second-order valence-electron chi connectivity index (χ2n) is 6.00. The Morgan fingerprint density at radius 1 is 1.33 bits per heavy atom. The SMILES string of the molecule is CC(CNC(=O)C1CCCN(S(=O)(=O)c2ccccc2)C1)C(=O)O. The van der Waals surface area contributed by atoms with Gasteiger partial charge in [-0.2, -0.15) is 4.31 Å². The van der Waals surface area contributed by atoms with Crippen LogP contribution in [-0.4, -0.2) is 49.3 Å². The summed E-state index contributed by atoms with van der Waals surface area (Å²) in [5.41, 5.74) is 0. The molecule has 132 valence electrons. The summed E-state index contributed by atoms with van der Waals surface area (Å²) in [7, 11) is -3.61. The molecular weight excluding hydrogens is 332 g/mol. The summed E-state index contributed by atoms with van der Waals surface area (Å²) in [5.74, 6) is -2.41. The zero-order valence-corrected chi connectivity index (χ0v) is 14.3. The van der Waals surface area contributed by atoms with E-state index in [0.717, 1.165) is 0 Å². The number of benzene rings is 1. The lowest BCUT2D eigenvalue weighted by Crippen LogP contribution is -2.46. The number of nitrogens with zero attached hydrogens (tertiary/aromatic N) is 1. The number of aliphatic carboxylic acids is 1. The van der Waals surface area contributed by atoms with E-state index in [9.17, 15) is 18.0 Å². The Balaban J connectivity index is 2.01. The molecule has 1 aliphatic heterocycles. The number of carboxylic acid groups (broad SMARTS) is 1. The van der Waals surface area contributed by atoms with Crippen molar-refractivity contribution in [2.75, 3.05) is 19.6 Å². The maximum atomic E-state index is 12.6. The number of nitrogens with one attached hydrogen (secondary N) is 1. The van der Waals surface area contributed by atoms with E-state index >= 15 is 0 Å². The number of piperidine rings is 1. The fourth-order valence-corrected chi connectivity index (χ4v) is 4.15. The minimum Gasteiger partial charge on any atom is -0.481 e. The molecule has 1 fully saturated rings. The third-order valence-electron chi connectivity index (χ3n) is 4.14. The van der Waals surface area contributed by atoms with Crippen LogP contribution in [0.25, 0.3) is 0 Å². The third-order valence-corrected chi connectivity index (χ3v) is 6.02. The van der Waals surface area contributed by atoms with Gasteiger partial charge >= 0.3 is 5.97 Å². The van der Waals surface area contributed by atoms with Crippen LogP contribution >= 0.6 is 0 Å². The zero-order chi connectivity index (χ0) is 17.7. The highest BCUT2D eigenvalue weighted by atomic mass is 32.2. The van der Waals surface area contributed by atoms with E-state index in [1.807, 2.05) is 0 Å². The number of sulfonamides is 1. The molecule has 2 N–H and O–H groups in total. The average Bonchev–Trinajstić information content (AvgIpc) is 2.60. The van der Waals surface area contributed by atoms with Gasteiger partial charge in [0.2, 0.25) is 15.9 Å². The first-order chi connectivity index (χ1) is 11.3. The highest BCUT2D eigenvalue weighted by Crippen LogP contribution is 2.23. The topological polar surface area (TPSA) is 104 Å². The highest BCUT2D eigenvalue weighted by molar-refractivity contribution is 7.89. The van der Waals surface area contributed by atoms with E-state index in [4.69, 9.17) is 5.11 Å². The lowest BCUT2D eigenvalue weighted by molar-refractivity contribution is -0.141. The number of hydrogen-bond donors (Lipinski definition) is 2. The van der Waals surface area contributed by atoms with Crippen molar-refractivity contribution < 1.29 is 23.1 Å². The van der Waals surface area contributed by atoms with Gasteiger partial charge in [-0.05, 0) is 25.0 Å². The van der Waals surface area contributed by atoms with Crippen LogP contribution in [0.2, 0.25) is 0 Å². The van der Waals surface area contributed by atoms with Crippen molar-refractivity contribution in [2.24, 2.45) is 11.8 Å². The molecule has 0 bridgehead atoms. The molecule has 1 heterocycles. The largest absolute Gasteiger partial charge is 0.481 e. The lowest BCUT2D eigenvalue weighted by atomic mass is 9.98. The molecule has 1 aliphatic rings. The predicted octanol–water partition coefficient (Wildman–Crippen LogP) is 0.924. The minimum absolute atomic E-state index is 0.0378. The van der Waals surface area contributed by atoms with Gasteiger partial charge < -0.3 is 10.4 Å². The van der Waals surface area contributed by atoms with Crippen LogP contribution in [0.15, 0.2) is 35.2 Å². The molecule has 2 rings (SSSR count). The number of rotatable bonds is 6. The van der Waals surface area contributed by atoms with E-state index < -0.39 is 27.8 Å².